The van der Waals surface area contributed by atoms with Gasteiger partial charge in [0.15, 0.2) is 0 Å². The number of hydrogen-bond acceptors (Lipinski definition) is 2. The van der Waals surface area contributed by atoms with E-state index in [4.69, 9.17) is 4.74 Å². The largest absolute Gasteiger partial charge is 0.416 e. The van der Waals surface area contributed by atoms with E-state index in [-0.39, 0.29) is 42.8 Å². The van der Waals surface area contributed by atoms with Gasteiger partial charge < -0.3 is 10.1 Å². The number of aryl methyl sites for hydroxylation is 1. The molecular formula is C21H22ClF6NO. The van der Waals surface area contributed by atoms with Crippen molar-refractivity contribution in [2.75, 3.05) is 6.54 Å². The second kappa shape index (κ2) is 9.58. The molecule has 0 unspecified atom stereocenters. The van der Waals surface area contributed by atoms with E-state index < -0.39 is 23.5 Å². The standard InChI is InChI=1S/C21H21F6NO.ClH/c1-13-4-6-15(7-5-13)19-18(3-2-8-28-19)29-12-14-9-16(20(22,23)24)11-17(10-14)21(25,26)27;/h4-7,9-11,18-19,28H,2-3,8,12H2,1H3;1H/t18-,19-;/m0./s1. The number of alkyl halides is 6. The van der Waals surface area contributed by atoms with Crippen LogP contribution in [0.4, 0.5) is 26.3 Å². The zero-order valence-electron chi connectivity index (χ0n) is 16.1. The van der Waals surface area contributed by atoms with Crippen LogP contribution >= 0.6 is 12.4 Å². The highest BCUT2D eigenvalue weighted by molar-refractivity contribution is 5.85. The highest BCUT2D eigenvalue weighted by atomic mass is 35.5. The van der Waals surface area contributed by atoms with Crippen LogP contribution in [0.25, 0.3) is 0 Å². The molecule has 1 aliphatic heterocycles. The summed E-state index contributed by atoms with van der Waals surface area (Å²) in [6.07, 6.45) is -8.62. The molecule has 0 aliphatic carbocycles. The van der Waals surface area contributed by atoms with Crippen LogP contribution in [0.2, 0.25) is 0 Å². The van der Waals surface area contributed by atoms with E-state index in [0.29, 0.717) is 18.6 Å². The van der Waals surface area contributed by atoms with Crippen LogP contribution in [0.5, 0.6) is 0 Å². The van der Waals surface area contributed by atoms with E-state index in [2.05, 4.69) is 5.32 Å². The Morgan fingerprint density at radius 1 is 0.933 bits per heavy atom. The van der Waals surface area contributed by atoms with Gasteiger partial charge in [-0.3, -0.25) is 0 Å². The molecule has 2 aromatic carbocycles. The van der Waals surface area contributed by atoms with Crippen molar-refractivity contribution >= 4 is 12.4 Å². The monoisotopic (exact) mass is 453 g/mol. The SMILES string of the molecule is Cc1ccc([C@@H]2NCCC[C@@H]2OCc2cc(C(F)(F)F)cc(C(F)(F)F)c2)cc1.Cl. The molecule has 2 nitrogen and oxygen atoms in total. The third kappa shape index (κ3) is 6.12. The van der Waals surface area contributed by atoms with Crippen molar-refractivity contribution in [1.29, 1.82) is 0 Å². The van der Waals surface area contributed by atoms with Gasteiger partial charge in [0.1, 0.15) is 0 Å². The van der Waals surface area contributed by atoms with Crippen LogP contribution in [0.15, 0.2) is 42.5 Å². The fourth-order valence-corrected chi connectivity index (χ4v) is 3.45. The predicted octanol–water partition coefficient (Wildman–Crippen LogP) is 6.46. The zero-order valence-corrected chi connectivity index (χ0v) is 16.9. The first-order valence-corrected chi connectivity index (χ1v) is 9.24. The third-order valence-corrected chi connectivity index (χ3v) is 4.95. The Morgan fingerprint density at radius 3 is 2.03 bits per heavy atom. The number of hydrogen-bond donors (Lipinski definition) is 1. The average Bonchev–Trinajstić information content (AvgIpc) is 2.66. The van der Waals surface area contributed by atoms with Crippen molar-refractivity contribution < 1.29 is 31.1 Å². The van der Waals surface area contributed by atoms with E-state index >= 15 is 0 Å². The third-order valence-electron chi connectivity index (χ3n) is 4.95. The Morgan fingerprint density at radius 2 is 1.50 bits per heavy atom. The first-order chi connectivity index (χ1) is 13.5. The summed E-state index contributed by atoms with van der Waals surface area (Å²) in [5.41, 5.74) is -0.753. The topological polar surface area (TPSA) is 21.3 Å². The molecule has 0 aromatic heterocycles. The van der Waals surface area contributed by atoms with Gasteiger partial charge in [0, 0.05) is 0 Å². The summed E-state index contributed by atoms with van der Waals surface area (Å²) < 4.78 is 84.0. The van der Waals surface area contributed by atoms with Gasteiger partial charge in [-0.15, -0.1) is 12.4 Å². The van der Waals surface area contributed by atoms with Crippen LogP contribution in [-0.2, 0) is 23.7 Å². The van der Waals surface area contributed by atoms with E-state index in [1.807, 2.05) is 31.2 Å². The quantitative estimate of drug-likeness (QED) is 0.536. The van der Waals surface area contributed by atoms with Gasteiger partial charge in [-0.05, 0) is 55.6 Å². The molecule has 9 heteroatoms. The number of halogens is 7. The minimum absolute atomic E-state index is 0. The number of nitrogens with one attached hydrogen (secondary N) is 1. The lowest BCUT2D eigenvalue weighted by Crippen LogP contribution is -2.39. The van der Waals surface area contributed by atoms with Crippen LogP contribution in [-0.4, -0.2) is 12.6 Å². The molecule has 1 heterocycles. The van der Waals surface area contributed by atoms with Crippen molar-refractivity contribution in [3.05, 3.63) is 70.3 Å². The Labute approximate surface area is 177 Å². The second-order valence-corrected chi connectivity index (χ2v) is 7.25. The maximum absolute atomic E-state index is 13.0. The summed E-state index contributed by atoms with van der Waals surface area (Å²) in [5, 5.41) is 3.33. The first kappa shape index (κ1) is 24.5. The molecule has 1 N–H and O–H groups in total. The maximum Gasteiger partial charge on any atom is 0.416 e. The van der Waals surface area contributed by atoms with Gasteiger partial charge in [-0.1, -0.05) is 29.8 Å². The van der Waals surface area contributed by atoms with Gasteiger partial charge in [0.25, 0.3) is 0 Å². The molecule has 0 amide bonds. The second-order valence-electron chi connectivity index (χ2n) is 7.25. The average molecular weight is 454 g/mol. The molecule has 0 bridgehead atoms. The van der Waals surface area contributed by atoms with Crippen LogP contribution in [0, 0.1) is 6.92 Å². The van der Waals surface area contributed by atoms with Gasteiger partial charge in [-0.25, -0.2) is 0 Å². The molecule has 1 aliphatic rings. The lowest BCUT2D eigenvalue weighted by atomic mass is 9.94. The molecular weight excluding hydrogens is 432 g/mol. The lowest BCUT2D eigenvalue weighted by Gasteiger charge is -2.33. The van der Waals surface area contributed by atoms with E-state index in [1.165, 1.54) is 0 Å². The molecule has 30 heavy (non-hydrogen) atoms. The fraction of sp³-hybridized carbons (Fsp3) is 0.429. The molecule has 1 saturated heterocycles. The highest BCUT2D eigenvalue weighted by Gasteiger charge is 2.37. The summed E-state index contributed by atoms with van der Waals surface area (Å²) >= 11 is 0. The van der Waals surface area contributed by atoms with E-state index in [0.717, 1.165) is 24.1 Å². The zero-order chi connectivity index (χ0) is 21.2. The Hall–Kier alpha value is -1.77. The molecule has 0 saturated carbocycles. The fourth-order valence-electron chi connectivity index (χ4n) is 3.45. The minimum Gasteiger partial charge on any atom is -0.372 e. The lowest BCUT2D eigenvalue weighted by molar-refractivity contribution is -0.143. The Balaban J connectivity index is 0.00000320. The van der Waals surface area contributed by atoms with Crippen LogP contribution in [0.1, 0.15) is 46.7 Å². The van der Waals surface area contributed by atoms with Crippen molar-refractivity contribution in [2.24, 2.45) is 0 Å². The highest BCUT2D eigenvalue weighted by Crippen LogP contribution is 2.37. The molecule has 1 fully saturated rings. The molecule has 2 aromatic rings. The molecule has 2 atom stereocenters. The minimum atomic E-state index is -4.87. The molecule has 166 valence electrons. The number of piperidine rings is 1. The van der Waals surface area contributed by atoms with Gasteiger partial charge in [0.05, 0.1) is 29.9 Å². The summed E-state index contributed by atoms with van der Waals surface area (Å²) in [6.45, 7) is 2.39. The molecule has 0 spiro atoms. The molecule has 3 rings (SSSR count). The van der Waals surface area contributed by atoms with Crippen molar-refractivity contribution in [1.82, 2.24) is 5.32 Å². The number of ether oxygens (including phenoxy) is 1. The van der Waals surface area contributed by atoms with Crippen molar-refractivity contribution in [3.63, 3.8) is 0 Å². The molecule has 0 radical (unpaired) electrons. The van der Waals surface area contributed by atoms with E-state index in [1.54, 1.807) is 0 Å². The van der Waals surface area contributed by atoms with Crippen molar-refractivity contribution in [3.8, 4) is 0 Å². The maximum atomic E-state index is 13.0. The first-order valence-electron chi connectivity index (χ1n) is 9.24. The Kier molecular flexibility index (Phi) is 7.82. The van der Waals surface area contributed by atoms with Crippen LogP contribution in [0.3, 0.4) is 0 Å². The number of rotatable bonds is 4. The number of benzene rings is 2. The van der Waals surface area contributed by atoms with Crippen LogP contribution < -0.4 is 5.32 Å². The predicted molar refractivity (Wildman–Crippen MR) is 103 cm³/mol. The summed E-state index contributed by atoms with van der Waals surface area (Å²) in [5.74, 6) is 0. The summed E-state index contributed by atoms with van der Waals surface area (Å²) in [7, 11) is 0. The van der Waals surface area contributed by atoms with Gasteiger partial charge in [0.2, 0.25) is 0 Å². The smallest absolute Gasteiger partial charge is 0.372 e. The Bertz CT molecular complexity index is 803. The van der Waals surface area contributed by atoms with E-state index in [9.17, 15) is 26.3 Å². The van der Waals surface area contributed by atoms with Crippen molar-refractivity contribution in [2.45, 2.75) is 50.9 Å². The van der Waals surface area contributed by atoms with Gasteiger partial charge >= 0.3 is 12.4 Å². The normalized spacial score (nSPS) is 20.0. The van der Waals surface area contributed by atoms with Gasteiger partial charge in [-0.2, -0.15) is 26.3 Å². The summed E-state index contributed by atoms with van der Waals surface area (Å²) in [6, 6.07) is 9.18. The summed E-state index contributed by atoms with van der Waals surface area (Å²) in [4.78, 5) is 0.